The Morgan fingerprint density at radius 2 is 2.00 bits per heavy atom. The SMILES string of the molecule is COCCOc1ccc(C(F)(F)F)cc1NC(=O)CC(C)C1CCNCC1. The molecule has 1 heterocycles. The Morgan fingerprint density at radius 1 is 1.30 bits per heavy atom. The standard InChI is InChI=1S/C19H27F3N2O3/c1-13(14-5-7-23-8-6-14)11-18(25)24-16-12-15(19(20,21)22)3-4-17(16)27-10-9-26-2/h3-4,12-14,23H,5-11H2,1-2H3,(H,24,25). The van der Waals surface area contributed by atoms with Crippen LogP contribution in [0.4, 0.5) is 18.9 Å². The van der Waals surface area contributed by atoms with Gasteiger partial charge < -0.3 is 20.1 Å². The van der Waals surface area contributed by atoms with Crippen LogP contribution in [0.1, 0.15) is 31.7 Å². The van der Waals surface area contributed by atoms with Gasteiger partial charge in [-0.25, -0.2) is 0 Å². The van der Waals surface area contributed by atoms with Gasteiger partial charge in [0.1, 0.15) is 12.4 Å². The molecule has 1 unspecified atom stereocenters. The van der Waals surface area contributed by atoms with Crippen LogP contribution in [0.25, 0.3) is 0 Å². The molecule has 0 radical (unpaired) electrons. The predicted octanol–water partition coefficient (Wildman–Crippen LogP) is 3.69. The highest BCUT2D eigenvalue weighted by Crippen LogP contribution is 2.35. The maximum atomic E-state index is 13.0. The molecular formula is C19H27F3N2O3. The van der Waals surface area contributed by atoms with Gasteiger partial charge in [-0.1, -0.05) is 6.92 Å². The fourth-order valence-electron chi connectivity index (χ4n) is 3.24. The zero-order valence-electron chi connectivity index (χ0n) is 15.7. The third-order valence-electron chi connectivity index (χ3n) is 4.82. The molecule has 0 bridgehead atoms. The maximum absolute atomic E-state index is 13.0. The summed E-state index contributed by atoms with van der Waals surface area (Å²) in [6, 6.07) is 3.08. The molecule has 1 fully saturated rings. The highest BCUT2D eigenvalue weighted by atomic mass is 19.4. The molecule has 0 spiro atoms. The largest absolute Gasteiger partial charge is 0.489 e. The molecule has 2 N–H and O–H groups in total. The van der Waals surface area contributed by atoms with Crippen molar-refractivity contribution in [3.63, 3.8) is 0 Å². The van der Waals surface area contributed by atoms with Crippen molar-refractivity contribution < 1.29 is 27.4 Å². The Hall–Kier alpha value is -1.80. The number of piperidine rings is 1. The highest BCUT2D eigenvalue weighted by molar-refractivity contribution is 5.92. The number of hydrogen-bond acceptors (Lipinski definition) is 4. The lowest BCUT2D eigenvalue weighted by atomic mass is 9.84. The van der Waals surface area contributed by atoms with Crippen LogP contribution in [-0.2, 0) is 15.7 Å². The van der Waals surface area contributed by atoms with Crippen LogP contribution in [0.2, 0.25) is 0 Å². The zero-order valence-corrected chi connectivity index (χ0v) is 15.7. The third-order valence-corrected chi connectivity index (χ3v) is 4.82. The van der Waals surface area contributed by atoms with Gasteiger partial charge in [-0.2, -0.15) is 13.2 Å². The number of ether oxygens (including phenoxy) is 2. The number of carbonyl (C=O) groups is 1. The number of benzene rings is 1. The molecule has 1 aliphatic rings. The molecule has 8 heteroatoms. The van der Waals surface area contributed by atoms with Crippen LogP contribution >= 0.6 is 0 Å². The lowest BCUT2D eigenvalue weighted by Crippen LogP contribution is -2.32. The monoisotopic (exact) mass is 388 g/mol. The first-order valence-electron chi connectivity index (χ1n) is 9.14. The van der Waals surface area contributed by atoms with E-state index < -0.39 is 11.7 Å². The van der Waals surface area contributed by atoms with E-state index in [-0.39, 0.29) is 36.3 Å². The number of alkyl halides is 3. The number of carbonyl (C=O) groups excluding carboxylic acids is 1. The summed E-state index contributed by atoms with van der Waals surface area (Å²) < 4.78 is 49.4. The van der Waals surface area contributed by atoms with Gasteiger partial charge in [0, 0.05) is 13.5 Å². The second-order valence-electron chi connectivity index (χ2n) is 6.87. The smallest absolute Gasteiger partial charge is 0.416 e. The van der Waals surface area contributed by atoms with Gasteiger partial charge in [0.05, 0.1) is 17.9 Å². The van der Waals surface area contributed by atoms with E-state index in [1.54, 1.807) is 0 Å². The molecule has 0 aliphatic carbocycles. The lowest BCUT2D eigenvalue weighted by molar-refractivity contribution is -0.137. The normalized spacial score (nSPS) is 16.8. The molecule has 1 saturated heterocycles. The first-order valence-corrected chi connectivity index (χ1v) is 9.14. The minimum Gasteiger partial charge on any atom is -0.489 e. The maximum Gasteiger partial charge on any atom is 0.416 e. The summed E-state index contributed by atoms with van der Waals surface area (Å²) in [6.07, 6.45) is -2.22. The van der Waals surface area contributed by atoms with E-state index in [4.69, 9.17) is 9.47 Å². The van der Waals surface area contributed by atoms with Gasteiger partial charge >= 0.3 is 6.18 Å². The second kappa shape index (κ2) is 9.94. The molecule has 5 nitrogen and oxygen atoms in total. The van der Waals surface area contributed by atoms with Gasteiger partial charge in [-0.3, -0.25) is 4.79 Å². The Labute approximate surface area is 157 Å². The van der Waals surface area contributed by atoms with Gasteiger partial charge in [0.25, 0.3) is 0 Å². The highest BCUT2D eigenvalue weighted by Gasteiger charge is 2.31. The topological polar surface area (TPSA) is 59.6 Å². The van der Waals surface area contributed by atoms with Crippen LogP contribution in [0.5, 0.6) is 5.75 Å². The number of hydrogen-bond donors (Lipinski definition) is 2. The minimum atomic E-state index is -4.49. The Morgan fingerprint density at radius 3 is 2.63 bits per heavy atom. The molecule has 0 aromatic heterocycles. The van der Waals surface area contributed by atoms with E-state index in [1.165, 1.54) is 13.2 Å². The summed E-state index contributed by atoms with van der Waals surface area (Å²) in [4.78, 5) is 12.4. The lowest BCUT2D eigenvalue weighted by Gasteiger charge is -2.28. The Bertz CT molecular complexity index is 617. The van der Waals surface area contributed by atoms with Crippen LogP contribution < -0.4 is 15.4 Å². The number of rotatable bonds is 8. The van der Waals surface area contributed by atoms with Gasteiger partial charge in [-0.05, 0) is 56.0 Å². The summed E-state index contributed by atoms with van der Waals surface area (Å²) in [6.45, 7) is 4.35. The number of amides is 1. The van der Waals surface area contributed by atoms with E-state index >= 15 is 0 Å². The summed E-state index contributed by atoms with van der Waals surface area (Å²) in [5.41, 5.74) is -0.799. The predicted molar refractivity (Wildman–Crippen MR) is 96.8 cm³/mol. The van der Waals surface area contributed by atoms with Crippen molar-refractivity contribution in [3.05, 3.63) is 23.8 Å². The summed E-state index contributed by atoms with van der Waals surface area (Å²) in [7, 11) is 1.50. The number of halogens is 3. The van der Waals surface area contributed by atoms with E-state index in [2.05, 4.69) is 10.6 Å². The Kier molecular flexibility index (Phi) is 7.91. The average Bonchev–Trinajstić information content (AvgIpc) is 2.62. The first kappa shape index (κ1) is 21.5. The van der Waals surface area contributed by atoms with Crippen LogP contribution in [0.3, 0.4) is 0 Å². The molecule has 1 atom stereocenters. The molecule has 1 aromatic carbocycles. The van der Waals surface area contributed by atoms with Crippen molar-refractivity contribution in [2.45, 2.75) is 32.4 Å². The summed E-state index contributed by atoms with van der Waals surface area (Å²) in [5.74, 6) is 0.492. The fraction of sp³-hybridized carbons (Fsp3) is 0.632. The van der Waals surface area contributed by atoms with Crippen LogP contribution in [0.15, 0.2) is 18.2 Å². The van der Waals surface area contributed by atoms with Crippen molar-refractivity contribution in [3.8, 4) is 5.75 Å². The molecule has 1 aliphatic heterocycles. The molecular weight excluding hydrogens is 361 g/mol. The summed E-state index contributed by atoms with van der Waals surface area (Å²) >= 11 is 0. The van der Waals surface area contributed by atoms with Crippen molar-refractivity contribution >= 4 is 11.6 Å². The molecule has 27 heavy (non-hydrogen) atoms. The van der Waals surface area contributed by atoms with Crippen LogP contribution in [-0.4, -0.2) is 39.3 Å². The quantitative estimate of drug-likeness (QED) is 0.667. The molecule has 0 saturated carbocycles. The molecule has 2 rings (SSSR count). The van der Waals surface area contributed by atoms with E-state index in [9.17, 15) is 18.0 Å². The van der Waals surface area contributed by atoms with Crippen LogP contribution in [0, 0.1) is 11.8 Å². The van der Waals surface area contributed by atoms with Crippen molar-refractivity contribution in [1.82, 2.24) is 5.32 Å². The average molecular weight is 388 g/mol. The zero-order chi connectivity index (χ0) is 19.9. The van der Waals surface area contributed by atoms with Crippen molar-refractivity contribution in [1.29, 1.82) is 0 Å². The third kappa shape index (κ3) is 6.70. The Balaban J connectivity index is 2.07. The molecule has 1 amide bonds. The number of nitrogens with one attached hydrogen (secondary N) is 2. The van der Waals surface area contributed by atoms with Gasteiger partial charge in [0.15, 0.2) is 0 Å². The van der Waals surface area contributed by atoms with Crippen molar-refractivity contribution in [2.24, 2.45) is 11.8 Å². The van der Waals surface area contributed by atoms with Gasteiger partial charge in [-0.15, -0.1) is 0 Å². The summed E-state index contributed by atoms with van der Waals surface area (Å²) in [5, 5.41) is 5.88. The van der Waals surface area contributed by atoms with E-state index in [0.29, 0.717) is 12.5 Å². The van der Waals surface area contributed by atoms with Gasteiger partial charge in [0.2, 0.25) is 5.91 Å². The fourth-order valence-corrected chi connectivity index (χ4v) is 3.24. The van der Waals surface area contributed by atoms with E-state index in [1.807, 2.05) is 6.92 Å². The van der Waals surface area contributed by atoms with E-state index in [0.717, 1.165) is 38.1 Å². The van der Waals surface area contributed by atoms with Crippen molar-refractivity contribution in [2.75, 3.05) is 38.7 Å². The minimum absolute atomic E-state index is 0.0310. The second-order valence-corrected chi connectivity index (χ2v) is 6.87. The number of methoxy groups -OCH3 is 1. The first-order chi connectivity index (χ1) is 12.8. The number of anilines is 1. The molecule has 1 aromatic rings. The molecule has 152 valence electrons.